The molecule has 0 saturated carbocycles. The van der Waals surface area contributed by atoms with Crippen LogP contribution in [-0.4, -0.2) is 24.1 Å². The van der Waals surface area contributed by atoms with Crippen LogP contribution in [0.4, 0.5) is 0 Å². The largest absolute Gasteiger partial charge is 0.462 e. The van der Waals surface area contributed by atoms with Crippen LogP contribution in [-0.2, 0) is 19.1 Å². The summed E-state index contributed by atoms with van der Waals surface area (Å²) >= 11 is 0. The number of rotatable bonds is 6. The van der Waals surface area contributed by atoms with E-state index in [-0.39, 0.29) is 31.0 Å². The van der Waals surface area contributed by atoms with E-state index in [0.717, 1.165) is 0 Å². The van der Waals surface area contributed by atoms with Crippen molar-refractivity contribution in [1.29, 1.82) is 0 Å². The number of carbonyl (C=O) groups is 3. The van der Waals surface area contributed by atoms with Gasteiger partial charge in [0.2, 0.25) is 0 Å². The molecule has 0 rings (SSSR count). The molecule has 78 valence electrons. The predicted octanol–water partition coefficient (Wildman–Crippen LogP) is 1.04. The van der Waals surface area contributed by atoms with Crippen LogP contribution >= 0.6 is 0 Å². The van der Waals surface area contributed by atoms with Gasteiger partial charge < -0.3 is 4.74 Å². The molecule has 0 amide bonds. The van der Waals surface area contributed by atoms with E-state index in [1.54, 1.807) is 13.0 Å². The van der Waals surface area contributed by atoms with E-state index in [4.69, 9.17) is 0 Å². The minimum atomic E-state index is -0.469. The van der Waals surface area contributed by atoms with E-state index in [0.29, 0.717) is 0 Å². The van der Waals surface area contributed by atoms with Crippen molar-refractivity contribution in [3.8, 4) is 0 Å². The molecule has 0 heterocycles. The molecule has 0 fully saturated rings. The van der Waals surface area contributed by atoms with Crippen LogP contribution in [0.3, 0.4) is 0 Å². The number of Topliss-reactive ketones (excluding diaryl/α,β-unsaturated/α-hetero) is 2. The highest BCUT2D eigenvalue weighted by Gasteiger charge is 2.06. The molecule has 4 nitrogen and oxygen atoms in total. The average Bonchev–Trinajstić information content (AvgIpc) is 2.02. The van der Waals surface area contributed by atoms with E-state index in [1.165, 1.54) is 13.0 Å². The van der Waals surface area contributed by atoms with Crippen molar-refractivity contribution in [3.05, 3.63) is 12.2 Å². The van der Waals surface area contributed by atoms with Crippen molar-refractivity contribution in [2.24, 2.45) is 0 Å². The fourth-order valence-corrected chi connectivity index (χ4v) is 0.816. The zero-order chi connectivity index (χ0) is 11.0. The molecule has 4 heteroatoms. The van der Waals surface area contributed by atoms with Gasteiger partial charge in [0.1, 0.15) is 11.6 Å². The molecule has 0 aromatic carbocycles. The van der Waals surface area contributed by atoms with Crippen LogP contribution < -0.4 is 0 Å². The maximum Gasteiger partial charge on any atom is 0.330 e. The normalized spacial score (nSPS) is 10.1. The van der Waals surface area contributed by atoms with Gasteiger partial charge in [0.15, 0.2) is 0 Å². The quantitative estimate of drug-likeness (QED) is 0.363. The van der Waals surface area contributed by atoms with Gasteiger partial charge in [-0.1, -0.05) is 6.08 Å². The third-order valence-electron chi connectivity index (χ3n) is 1.37. The Kier molecular flexibility index (Phi) is 6.28. The van der Waals surface area contributed by atoms with Crippen molar-refractivity contribution in [2.45, 2.75) is 26.7 Å². The Balaban J connectivity index is 3.59. The highest BCUT2D eigenvalue weighted by molar-refractivity contribution is 5.98. The van der Waals surface area contributed by atoms with Gasteiger partial charge >= 0.3 is 5.97 Å². The molecule has 0 spiro atoms. The first-order valence-corrected chi connectivity index (χ1v) is 4.37. The van der Waals surface area contributed by atoms with Crippen LogP contribution in [0.15, 0.2) is 12.2 Å². The Labute approximate surface area is 82.9 Å². The molecule has 0 aromatic heterocycles. The summed E-state index contributed by atoms with van der Waals surface area (Å²) in [4.78, 5) is 32.2. The molecular formula is C10H14O4. The van der Waals surface area contributed by atoms with Gasteiger partial charge in [-0.3, -0.25) is 9.59 Å². The Morgan fingerprint density at radius 2 is 1.93 bits per heavy atom. The van der Waals surface area contributed by atoms with Crippen LogP contribution in [0, 0.1) is 0 Å². The summed E-state index contributed by atoms with van der Waals surface area (Å²) in [5.41, 5.74) is 0. The molecule has 0 saturated heterocycles. The first kappa shape index (κ1) is 12.6. The first-order valence-electron chi connectivity index (χ1n) is 4.37. The summed E-state index contributed by atoms with van der Waals surface area (Å²) in [5.74, 6) is -0.844. The fraction of sp³-hybridized carbons (Fsp3) is 0.500. The van der Waals surface area contributed by atoms with Gasteiger partial charge in [-0.25, -0.2) is 4.79 Å². The second kappa shape index (κ2) is 7.00. The molecule has 0 aliphatic rings. The fourth-order valence-electron chi connectivity index (χ4n) is 0.816. The second-order valence-corrected chi connectivity index (χ2v) is 2.83. The number of ketones is 2. The summed E-state index contributed by atoms with van der Waals surface area (Å²) in [6.07, 6.45) is 2.85. The maximum atomic E-state index is 11.0. The lowest BCUT2D eigenvalue weighted by Gasteiger charge is -1.99. The number of hydrogen-bond donors (Lipinski definition) is 0. The summed E-state index contributed by atoms with van der Waals surface area (Å²) < 4.78 is 4.68. The lowest BCUT2D eigenvalue weighted by atomic mass is 10.2. The van der Waals surface area contributed by atoms with Gasteiger partial charge in [-0.2, -0.15) is 0 Å². The van der Waals surface area contributed by atoms with Crippen molar-refractivity contribution in [1.82, 2.24) is 0 Å². The Bertz CT molecular complexity index is 253. The standard InChI is InChI=1S/C10H14O4/c1-3-4-10(13)14-6-5-9(12)7-8(2)11/h3-4H,5-7H2,1-2H3/b4-3+. The second-order valence-electron chi connectivity index (χ2n) is 2.83. The van der Waals surface area contributed by atoms with Crippen molar-refractivity contribution in [3.63, 3.8) is 0 Å². The van der Waals surface area contributed by atoms with Crippen molar-refractivity contribution < 1.29 is 19.1 Å². The van der Waals surface area contributed by atoms with E-state index in [1.807, 2.05) is 0 Å². The SMILES string of the molecule is C/C=C/C(=O)OCCC(=O)CC(C)=O. The Morgan fingerprint density at radius 1 is 1.29 bits per heavy atom. The Hall–Kier alpha value is -1.45. The molecule has 0 bridgehead atoms. The number of carbonyl (C=O) groups excluding carboxylic acids is 3. The van der Waals surface area contributed by atoms with E-state index < -0.39 is 5.97 Å². The van der Waals surface area contributed by atoms with Crippen LogP contribution in [0.5, 0.6) is 0 Å². The third-order valence-corrected chi connectivity index (χ3v) is 1.37. The van der Waals surface area contributed by atoms with Crippen LogP contribution in [0.2, 0.25) is 0 Å². The average molecular weight is 198 g/mol. The summed E-state index contributed by atoms with van der Waals surface area (Å²) in [5, 5.41) is 0. The molecule has 0 atom stereocenters. The van der Waals surface area contributed by atoms with Crippen molar-refractivity contribution in [2.75, 3.05) is 6.61 Å². The number of ether oxygens (including phenoxy) is 1. The lowest BCUT2D eigenvalue weighted by Crippen LogP contribution is -2.10. The molecule has 0 aliphatic carbocycles. The predicted molar refractivity (Wildman–Crippen MR) is 50.7 cm³/mol. The van der Waals surface area contributed by atoms with Gasteiger partial charge in [0, 0.05) is 12.5 Å². The van der Waals surface area contributed by atoms with E-state index in [9.17, 15) is 14.4 Å². The van der Waals surface area contributed by atoms with Gasteiger partial charge in [-0.05, 0) is 13.8 Å². The zero-order valence-electron chi connectivity index (χ0n) is 8.41. The highest BCUT2D eigenvalue weighted by Crippen LogP contribution is 1.93. The number of esters is 1. The van der Waals surface area contributed by atoms with E-state index >= 15 is 0 Å². The monoisotopic (exact) mass is 198 g/mol. The number of allylic oxidation sites excluding steroid dienone is 1. The smallest absolute Gasteiger partial charge is 0.330 e. The van der Waals surface area contributed by atoms with Gasteiger partial charge in [-0.15, -0.1) is 0 Å². The lowest BCUT2D eigenvalue weighted by molar-refractivity contribution is -0.138. The molecule has 0 aromatic rings. The minimum absolute atomic E-state index is 0.0370. The third kappa shape index (κ3) is 7.21. The highest BCUT2D eigenvalue weighted by atomic mass is 16.5. The van der Waals surface area contributed by atoms with Gasteiger partial charge in [0.05, 0.1) is 13.0 Å². The molecule has 0 N–H and O–H groups in total. The van der Waals surface area contributed by atoms with Crippen LogP contribution in [0.25, 0.3) is 0 Å². The summed E-state index contributed by atoms with van der Waals surface area (Å²) in [6.45, 7) is 3.08. The number of hydrogen-bond acceptors (Lipinski definition) is 4. The van der Waals surface area contributed by atoms with E-state index in [2.05, 4.69) is 4.74 Å². The summed E-state index contributed by atoms with van der Waals surface area (Å²) in [6, 6.07) is 0. The molecular weight excluding hydrogens is 184 g/mol. The minimum Gasteiger partial charge on any atom is -0.462 e. The topological polar surface area (TPSA) is 60.4 Å². The molecule has 14 heavy (non-hydrogen) atoms. The van der Waals surface area contributed by atoms with Crippen LogP contribution in [0.1, 0.15) is 26.7 Å². The molecule has 0 aliphatic heterocycles. The molecule has 0 unspecified atom stereocenters. The first-order chi connectivity index (χ1) is 6.56. The Morgan fingerprint density at radius 3 is 2.43 bits per heavy atom. The molecule has 0 radical (unpaired) electrons. The summed E-state index contributed by atoms with van der Waals surface area (Å²) in [7, 11) is 0. The maximum absolute atomic E-state index is 11.0. The van der Waals surface area contributed by atoms with Crippen molar-refractivity contribution >= 4 is 17.5 Å². The van der Waals surface area contributed by atoms with Gasteiger partial charge in [0.25, 0.3) is 0 Å². The zero-order valence-corrected chi connectivity index (χ0v) is 8.41.